The number of benzene rings is 1. The quantitative estimate of drug-likeness (QED) is 0.784. The van der Waals surface area contributed by atoms with Gasteiger partial charge < -0.3 is 20.8 Å². The van der Waals surface area contributed by atoms with Crippen LogP contribution in [0.1, 0.15) is 12.8 Å². The Kier molecular flexibility index (Phi) is 7.02. The van der Waals surface area contributed by atoms with Gasteiger partial charge in [-0.1, -0.05) is 12.1 Å². The maximum Gasteiger partial charge on any atom is 0.244 e. The lowest BCUT2D eigenvalue weighted by atomic mass is 9.90. The maximum absolute atomic E-state index is 12.4. The van der Waals surface area contributed by atoms with Gasteiger partial charge in [-0.15, -0.1) is 24.8 Å². The van der Waals surface area contributed by atoms with Gasteiger partial charge in [0.25, 0.3) is 0 Å². The summed E-state index contributed by atoms with van der Waals surface area (Å²) in [5.41, 5.74) is 6.95. The summed E-state index contributed by atoms with van der Waals surface area (Å²) in [5, 5.41) is 2.89. The van der Waals surface area contributed by atoms with Crippen LogP contribution in [0.4, 0.5) is 5.69 Å². The zero-order valence-electron chi connectivity index (χ0n) is 12.5. The monoisotopic (exact) mass is 358 g/mol. The third kappa shape index (κ3) is 4.45. The van der Waals surface area contributed by atoms with E-state index in [1.807, 2.05) is 24.3 Å². The molecule has 1 saturated heterocycles. The minimum Gasteiger partial charge on any atom is -0.381 e. The molecule has 0 radical (unpaired) electrons. The molecule has 4 N–H and O–H groups in total. The molecular weight excluding hydrogens is 339 g/mol. The summed E-state index contributed by atoms with van der Waals surface area (Å²) >= 11 is 0. The van der Waals surface area contributed by atoms with Crippen LogP contribution in [0.3, 0.4) is 0 Å². The van der Waals surface area contributed by atoms with E-state index in [1.54, 1.807) is 12.4 Å². The summed E-state index contributed by atoms with van der Waals surface area (Å²) in [7, 11) is 0. The highest BCUT2D eigenvalue weighted by Gasteiger charge is 2.35. The van der Waals surface area contributed by atoms with Crippen molar-refractivity contribution in [1.82, 2.24) is 9.97 Å². The van der Waals surface area contributed by atoms with Crippen LogP contribution in [0.25, 0.3) is 11.4 Å². The van der Waals surface area contributed by atoms with Crippen molar-refractivity contribution in [2.45, 2.75) is 18.4 Å². The Hall–Kier alpha value is -1.60. The molecular formula is C15H20Cl2N4O2. The lowest BCUT2D eigenvalue weighted by Crippen LogP contribution is -2.54. The van der Waals surface area contributed by atoms with Crippen molar-refractivity contribution in [3.8, 4) is 11.4 Å². The fourth-order valence-electron chi connectivity index (χ4n) is 2.39. The molecule has 1 aliphatic heterocycles. The Labute approximate surface area is 147 Å². The van der Waals surface area contributed by atoms with Gasteiger partial charge in [-0.3, -0.25) is 4.79 Å². The number of hydrogen-bond donors (Lipinski definition) is 3. The molecule has 0 saturated carbocycles. The number of nitrogens with zero attached hydrogens (tertiary/aromatic N) is 1. The number of carbonyl (C=O) groups is 1. The third-order valence-electron chi connectivity index (χ3n) is 3.73. The highest BCUT2D eigenvalue weighted by Crippen LogP contribution is 2.23. The Morgan fingerprint density at radius 2 is 2.04 bits per heavy atom. The van der Waals surface area contributed by atoms with Crippen molar-refractivity contribution in [3.63, 3.8) is 0 Å². The van der Waals surface area contributed by atoms with Crippen molar-refractivity contribution >= 4 is 36.4 Å². The molecule has 1 amide bonds. The van der Waals surface area contributed by atoms with E-state index in [-0.39, 0.29) is 30.7 Å². The van der Waals surface area contributed by atoms with Gasteiger partial charge in [0, 0.05) is 36.9 Å². The van der Waals surface area contributed by atoms with Crippen molar-refractivity contribution in [1.29, 1.82) is 0 Å². The van der Waals surface area contributed by atoms with E-state index >= 15 is 0 Å². The molecule has 0 spiro atoms. The van der Waals surface area contributed by atoms with E-state index in [1.165, 1.54) is 0 Å². The van der Waals surface area contributed by atoms with Crippen molar-refractivity contribution in [2.24, 2.45) is 5.73 Å². The Balaban J connectivity index is 0.00000132. The zero-order chi connectivity index (χ0) is 14.7. The number of hydrogen-bond acceptors (Lipinski definition) is 4. The van der Waals surface area contributed by atoms with Gasteiger partial charge in [0.2, 0.25) is 5.91 Å². The number of amides is 1. The average molecular weight is 359 g/mol. The summed E-state index contributed by atoms with van der Waals surface area (Å²) in [4.78, 5) is 19.6. The number of halogens is 2. The van der Waals surface area contributed by atoms with Gasteiger partial charge in [0.15, 0.2) is 0 Å². The third-order valence-corrected chi connectivity index (χ3v) is 3.73. The van der Waals surface area contributed by atoms with Crippen LogP contribution >= 0.6 is 24.8 Å². The second-order valence-electron chi connectivity index (χ2n) is 5.24. The fourth-order valence-corrected chi connectivity index (χ4v) is 2.39. The lowest BCUT2D eigenvalue weighted by Gasteiger charge is -2.31. The first-order chi connectivity index (χ1) is 10.2. The molecule has 1 fully saturated rings. The molecule has 3 rings (SSSR count). The van der Waals surface area contributed by atoms with Gasteiger partial charge in [0.05, 0.1) is 0 Å². The molecule has 0 bridgehead atoms. The molecule has 0 aliphatic carbocycles. The number of aromatic nitrogens is 2. The van der Waals surface area contributed by atoms with E-state index in [0.29, 0.717) is 31.7 Å². The summed E-state index contributed by atoms with van der Waals surface area (Å²) < 4.78 is 5.26. The molecule has 23 heavy (non-hydrogen) atoms. The molecule has 6 nitrogen and oxygen atoms in total. The van der Waals surface area contributed by atoms with Crippen LogP contribution in [0, 0.1) is 0 Å². The average Bonchev–Trinajstić information content (AvgIpc) is 3.02. The molecule has 1 aromatic carbocycles. The van der Waals surface area contributed by atoms with Crippen LogP contribution in [0.5, 0.6) is 0 Å². The van der Waals surface area contributed by atoms with Crippen molar-refractivity contribution < 1.29 is 9.53 Å². The summed E-state index contributed by atoms with van der Waals surface area (Å²) in [6.45, 7) is 1.05. The predicted molar refractivity (Wildman–Crippen MR) is 94.1 cm³/mol. The number of nitrogens with one attached hydrogen (secondary N) is 2. The zero-order valence-corrected chi connectivity index (χ0v) is 14.1. The second kappa shape index (κ2) is 8.31. The summed E-state index contributed by atoms with van der Waals surface area (Å²) in [6, 6.07) is 7.52. The Morgan fingerprint density at radius 1 is 1.30 bits per heavy atom. The van der Waals surface area contributed by atoms with E-state index in [0.717, 1.165) is 11.4 Å². The standard InChI is InChI=1S/C15H18N4O2.2ClH/c16-15(4-8-21-9-5-15)14(20)19-12-3-1-2-11(10-12)13-17-6-7-18-13;;/h1-3,6-7,10H,4-5,8-9,16H2,(H,17,18)(H,19,20);2*1H. The first kappa shape index (κ1) is 19.4. The predicted octanol–water partition coefficient (Wildman–Crippen LogP) is 2.37. The highest BCUT2D eigenvalue weighted by atomic mass is 35.5. The number of rotatable bonds is 3. The Bertz CT molecular complexity index is 628. The largest absolute Gasteiger partial charge is 0.381 e. The van der Waals surface area contributed by atoms with E-state index in [4.69, 9.17) is 10.5 Å². The highest BCUT2D eigenvalue weighted by molar-refractivity contribution is 5.98. The topological polar surface area (TPSA) is 93.0 Å². The van der Waals surface area contributed by atoms with Gasteiger partial charge in [-0.05, 0) is 25.0 Å². The van der Waals surface area contributed by atoms with Gasteiger partial charge in [-0.2, -0.15) is 0 Å². The maximum atomic E-state index is 12.4. The molecule has 0 unspecified atom stereocenters. The number of carbonyl (C=O) groups excluding carboxylic acids is 1. The van der Waals surface area contributed by atoms with Gasteiger partial charge >= 0.3 is 0 Å². The van der Waals surface area contributed by atoms with Gasteiger partial charge in [-0.25, -0.2) is 4.98 Å². The van der Waals surface area contributed by atoms with Crippen molar-refractivity contribution in [2.75, 3.05) is 18.5 Å². The molecule has 1 aromatic heterocycles. The number of aromatic amines is 1. The number of H-pyrrole nitrogens is 1. The van der Waals surface area contributed by atoms with E-state index < -0.39 is 5.54 Å². The molecule has 126 valence electrons. The smallest absolute Gasteiger partial charge is 0.244 e. The van der Waals surface area contributed by atoms with E-state index in [9.17, 15) is 4.79 Å². The number of nitrogens with two attached hydrogens (primary N) is 1. The van der Waals surface area contributed by atoms with Crippen LogP contribution in [0.2, 0.25) is 0 Å². The molecule has 2 heterocycles. The minimum atomic E-state index is -0.848. The SMILES string of the molecule is Cl.Cl.NC1(C(=O)Nc2cccc(-c3ncc[nH]3)c2)CCOCC1. The minimum absolute atomic E-state index is 0. The second-order valence-corrected chi connectivity index (χ2v) is 5.24. The summed E-state index contributed by atoms with van der Waals surface area (Å²) in [6.07, 6.45) is 4.53. The number of anilines is 1. The molecule has 2 aromatic rings. The first-order valence-electron chi connectivity index (χ1n) is 6.95. The van der Waals surface area contributed by atoms with E-state index in [2.05, 4.69) is 15.3 Å². The van der Waals surface area contributed by atoms with Crippen LogP contribution in [-0.4, -0.2) is 34.6 Å². The molecule has 0 atom stereocenters. The summed E-state index contributed by atoms with van der Waals surface area (Å²) in [5.74, 6) is 0.599. The van der Waals surface area contributed by atoms with Crippen LogP contribution in [0.15, 0.2) is 36.7 Å². The van der Waals surface area contributed by atoms with Crippen LogP contribution in [-0.2, 0) is 9.53 Å². The molecule has 8 heteroatoms. The fraction of sp³-hybridized carbons (Fsp3) is 0.333. The normalized spacial score (nSPS) is 15.9. The lowest BCUT2D eigenvalue weighted by molar-refractivity contribution is -0.124. The first-order valence-corrected chi connectivity index (χ1v) is 6.95. The number of ether oxygens (including phenoxy) is 1. The Morgan fingerprint density at radius 3 is 2.70 bits per heavy atom. The van der Waals surface area contributed by atoms with Crippen LogP contribution < -0.4 is 11.1 Å². The van der Waals surface area contributed by atoms with Crippen molar-refractivity contribution in [3.05, 3.63) is 36.7 Å². The van der Waals surface area contributed by atoms with Gasteiger partial charge in [0.1, 0.15) is 11.4 Å². The molecule has 1 aliphatic rings. The number of imidazole rings is 1.